The van der Waals surface area contributed by atoms with E-state index < -0.39 is 5.97 Å². The van der Waals surface area contributed by atoms with Crippen LogP contribution in [0.4, 0.5) is 0 Å². The molecule has 0 aromatic heterocycles. The standard InChI is InChI=1S/C16H24N2O2/c1-17(11-9-16(19)20)15-8-5-10-18(13-15)12-14-6-3-2-4-7-14/h2-4,6-7,15H,5,8-13H2,1H3,(H,19,20). The minimum atomic E-state index is -0.714. The van der Waals surface area contributed by atoms with E-state index in [1.165, 1.54) is 18.4 Å². The van der Waals surface area contributed by atoms with Crippen LogP contribution < -0.4 is 0 Å². The van der Waals surface area contributed by atoms with E-state index in [4.69, 9.17) is 5.11 Å². The molecular weight excluding hydrogens is 252 g/mol. The molecule has 1 aromatic rings. The zero-order chi connectivity index (χ0) is 14.4. The molecule has 20 heavy (non-hydrogen) atoms. The first-order valence-electron chi connectivity index (χ1n) is 7.33. The van der Waals surface area contributed by atoms with Crippen LogP contribution in [0.3, 0.4) is 0 Å². The Kier molecular flexibility index (Phi) is 5.56. The molecule has 0 saturated carbocycles. The maximum Gasteiger partial charge on any atom is 0.304 e. The topological polar surface area (TPSA) is 43.8 Å². The normalized spacial score (nSPS) is 20.2. The summed E-state index contributed by atoms with van der Waals surface area (Å²) in [4.78, 5) is 15.3. The third kappa shape index (κ3) is 4.62. The molecule has 1 aliphatic heterocycles. The Labute approximate surface area is 121 Å². The first kappa shape index (κ1) is 15.0. The Hall–Kier alpha value is -1.39. The molecule has 0 bridgehead atoms. The van der Waals surface area contributed by atoms with Crippen LogP contribution in [0.25, 0.3) is 0 Å². The molecular formula is C16H24N2O2. The zero-order valence-electron chi connectivity index (χ0n) is 12.2. The van der Waals surface area contributed by atoms with Crippen LogP contribution >= 0.6 is 0 Å². The third-order valence-electron chi connectivity index (χ3n) is 4.03. The molecule has 1 saturated heterocycles. The molecule has 2 rings (SSSR count). The van der Waals surface area contributed by atoms with Gasteiger partial charge in [-0.25, -0.2) is 0 Å². The van der Waals surface area contributed by atoms with E-state index in [1.54, 1.807) is 0 Å². The van der Waals surface area contributed by atoms with Gasteiger partial charge < -0.3 is 10.0 Å². The number of benzene rings is 1. The predicted molar refractivity (Wildman–Crippen MR) is 79.6 cm³/mol. The lowest BCUT2D eigenvalue weighted by Gasteiger charge is -2.37. The van der Waals surface area contributed by atoms with Crippen LogP contribution in [-0.2, 0) is 11.3 Å². The van der Waals surface area contributed by atoms with Crippen molar-refractivity contribution in [3.8, 4) is 0 Å². The summed E-state index contributed by atoms with van der Waals surface area (Å²) < 4.78 is 0. The van der Waals surface area contributed by atoms with Gasteiger partial charge in [0, 0.05) is 25.7 Å². The molecule has 1 aromatic carbocycles. The number of aliphatic carboxylic acids is 1. The van der Waals surface area contributed by atoms with Gasteiger partial charge in [0.15, 0.2) is 0 Å². The monoisotopic (exact) mass is 276 g/mol. The third-order valence-corrected chi connectivity index (χ3v) is 4.03. The summed E-state index contributed by atoms with van der Waals surface area (Å²) in [6, 6.07) is 11.0. The van der Waals surface area contributed by atoms with Crippen LogP contribution in [0.15, 0.2) is 30.3 Å². The number of carboxylic acids is 1. The van der Waals surface area contributed by atoms with E-state index >= 15 is 0 Å². The molecule has 0 radical (unpaired) electrons. The van der Waals surface area contributed by atoms with Crippen molar-refractivity contribution in [2.45, 2.75) is 31.8 Å². The highest BCUT2D eigenvalue weighted by Gasteiger charge is 2.23. The van der Waals surface area contributed by atoms with Gasteiger partial charge in [-0.2, -0.15) is 0 Å². The fourth-order valence-electron chi connectivity index (χ4n) is 2.83. The summed E-state index contributed by atoms with van der Waals surface area (Å²) in [7, 11) is 2.04. The van der Waals surface area contributed by atoms with Gasteiger partial charge in [0.05, 0.1) is 6.42 Å². The average molecular weight is 276 g/mol. The van der Waals surface area contributed by atoms with E-state index in [-0.39, 0.29) is 6.42 Å². The lowest BCUT2D eigenvalue weighted by molar-refractivity contribution is -0.137. The molecule has 1 atom stereocenters. The molecule has 1 heterocycles. The minimum Gasteiger partial charge on any atom is -0.481 e. The molecule has 4 nitrogen and oxygen atoms in total. The lowest BCUT2D eigenvalue weighted by Crippen LogP contribution is -2.46. The van der Waals surface area contributed by atoms with Crippen LogP contribution in [0, 0.1) is 0 Å². The average Bonchev–Trinajstić information content (AvgIpc) is 2.46. The van der Waals surface area contributed by atoms with E-state index in [0.717, 1.165) is 19.6 Å². The number of rotatable bonds is 6. The van der Waals surface area contributed by atoms with Gasteiger partial charge in [-0.15, -0.1) is 0 Å². The summed E-state index contributed by atoms with van der Waals surface area (Å²) in [5, 5.41) is 8.77. The van der Waals surface area contributed by atoms with Gasteiger partial charge in [0.25, 0.3) is 0 Å². The molecule has 1 fully saturated rings. The Morgan fingerprint density at radius 3 is 2.85 bits per heavy atom. The van der Waals surface area contributed by atoms with E-state index in [9.17, 15) is 4.79 Å². The van der Waals surface area contributed by atoms with Crippen molar-refractivity contribution >= 4 is 5.97 Å². The maximum atomic E-state index is 10.7. The number of carboxylic acid groups (broad SMARTS) is 1. The first-order chi connectivity index (χ1) is 9.65. The van der Waals surface area contributed by atoms with Crippen LogP contribution in [0.5, 0.6) is 0 Å². The fraction of sp³-hybridized carbons (Fsp3) is 0.562. The number of piperidine rings is 1. The molecule has 110 valence electrons. The Balaban J connectivity index is 1.83. The van der Waals surface area contributed by atoms with Gasteiger partial charge in [-0.3, -0.25) is 9.69 Å². The molecule has 1 unspecified atom stereocenters. The highest BCUT2D eigenvalue weighted by atomic mass is 16.4. The number of likely N-dealkylation sites (tertiary alicyclic amines) is 1. The van der Waals surface area contributed by atoms with Crippen molar-refractivity contribution in [1.29, 1.82) is 0 Å². The highest BCUT2D eigenvalue weighted by molar-refractivity contribution is 5.66. The summed E-state index contributed by atoms with van der Waals surface area (Å²) in [5.41, 5.74) is 1.35. The summed E-state index contributed by atoms with van der Waals surface area (Å²) in [6.07, 6.45) is 2.59. The fourth-order valence-corrected chi connectivity index (χ4v) is 2.83. The van der Waals surface area contributed by atoms with Crippen molar-refractivity contribution in [3.63, 3.8) is 0 Å². The number of hydrogen-bond acceptors (Lipinski definition) is 3. The lowest BCUT2D eigenvalue weighted by atomic mass is 10.0. The van der Waals surface area contributed by atoms with E-state index in [1.807, 2.05) is 13.1 Å². The Morgan fingerprint density at radius 1 is 1.40 bits per heavy atom. The molecule has 4 heteroatoms. The van der Waals surface area contributed by atoms with Gasteiger partial charge >= 0.3 is 5.97 Å². The van der Waals surface area contributed by atoms with Crippen LogP contribution in [0.2, 0.25) is 0 Å². The van der Waals surface area contributed by atoms with Crippen LogP contribution in [0.1, 0.15) is 24.8 Å². The Morgan fingerprint density at radius 2 is 2.15 bits per heavy atom. The predicted octanol–water partition coefficient (Wildman–Crippen LogP) is 2.06. The largest absolute Gasteiger partial charge is 0.481 e. The summed E-state index contributed by atoms with van der Waals surface area (Å²) in [6.45, 7) is 3.80. The van der Waals surface area contributed by atoms with E-state index in [0.29, 0.717) is 12.6 Å². The highest BCUT2D eigenvalue weighted by Crippen LogP contribution is 2.17. The molecule has 0 amide bonds. The minimum absolute atomic E-state index is 0.228. The molecule has 0 aliphatic carbocycles. The first-order valence-corrected chi connectivity index (χ1v) is 7.33. The quantitative estimate of drug-likeness (QED) is 0.863. The van der Waals surface area contributed by atoms with Crippen molar-refractivity contribution in [2.75, 3.05) is 26.7 Å². The van der Waals surface area contributed by atoms with Crippen molar-refractivity contribution < 1.29 is 9.90 Å². The summed E-state index contributed by atoms with van der Waals surface area (Å²) in [5.74, 6) is -0.714. The second-order valence-electron chi connectivity index (χ2n) is 5.64. The SMILES string of the molecule is CN(CCC(=O)O)C1CCCN(Cc2ccccc2)C1. The van der Waals surface area contributed by atoms with E-state index in [2.05, 4.69) is 34.1 Å². The second kappa shape index (κ2) is 7.41. The number of likely N-dealkylation sites (N-methyl/N-ethyl adjacent to an activating group) is 1. The van der Waals surface area contributed by atoms with Gasteiger partial charge in [0.1, 0.15) is 0 Å². The Bertz CT molecular complexity index is 422. The van der Waals surface area contributed by atoms with Crippen molar-refractivity contribution in [1.82, 2.24) is 9.80 Å². The van der Waals surface area contributed by atoms with Gasteiger partial charge in [-0.1, -0.05) is 30.3 Å². The molecule has 1 aliphatic rings. The number of carbonyl (C=O) groups is 1. The van der Waals surface area contributed by atoms with Gasteiger partial charge in [0.2, 0.25) is 0 Å². The van der Waals surface area contributed by atoms with Crippen LogP contribution in [-0.4, -0.2) is 53.6 Å². The van der Waals surface area contributed by atoms with Crippen molar-refractivity contribution in [2.24, 2.45) is 0 Å². The summed E-state index contributed by atoms with van der Waals surface area (Å²) >= 11 is 0. The molecule has 1 N–H and O–H groups in total. The second-order valence-corrected chi connectivity index (χ2v) is 5.64. The maximum absolute atomic E-state index is 10.7. The smallest absolute Gasteiger partial charge is 0.304 e. The van der Waals surface area contributed by atoms with Crippen molar-refractivity contribution in [3.05, 3.63) is 35.9 Å². The zero-order valence-corrected chi connectivity index (χ0v) is 12.2. The van der Waals surface area contributed by atoms with Gasteiger partial charge in [-0.05, 0) is 32.0 Å². The number of nitrogens with zero attached hydrogens (tertiary/aromatic N) is 2. The molecule has 0 spiro atoms. The number of hydrogen-bond donors (Lipinski definition) is 1.